The third-order valence-electron chi connectivity index (χ3n) is 4.03. The molecule has 110 valence electrons. The molecule has 0 atom stereocenters. The van der Waals surface area contributed by atoms with E-state index in [2.05, 4.69) is 70.1 Å². The van der Waals surface area contributed by atoms with Gasteiger partial charge in [-0.15, -0.1) is 0 Å². The van der Waals surface area contributed by atoms with Gasteiger partial charge in [-0.1, -0.05) is 26.8 Å². The highest BCUT2D eigenvalue weighted by Gasteiger charge is 2.23. The molecule has 0 aliphatic carbocycles. The monoisotopic (exact) mass is 273 g/mol. The van der Waals surface area contributed by atoms with Crippen molar-refractivity contribution in [1.82, 2.24) is 5.32 Å². The summed E-state index contributed by atoms with van der Waals surface area (Å²) in [7, 11) is 2.06. The zero-order valence-electron chi connectivity index (χ0n) is 13.6. The predicted molar refractivity (Wildman–Crippen MR) is 85.9 cm³/mol. The maximum atomic E-state index is 9.41. The molecule has 0 amide bonds. The van der Waals surface area contributed by atoms with E-state index in [1.165, 1.54) is 0 Å². The fourth-order valence-electron chi connectivity index (χ4n) is 1.96. The van der Waals surface area contributed by atoms with Crippen molar-refractivity contribution in [1.29, 1.82) is 5.26 Å². The normalized spacial score (nSPS) is 11.5. The Morgan fingerprint density at radius 3 is 2.50 bits per heavy atom. The van der Waals surface area contributed by atoms with Crippen LogP contribution in [0.15, 0.2) is 18.2 Å². The van der Waals surface area contributed by atoms with Gasteiger partial charge in [-0.3, -0.25) is 0 Å². The van der Waals surface area contributed by atoms with E-state index >= 15 is 0 Å². The van der Waals surface area contributed by atoms with Gasteiger partial charge in [-0.25, -0.2) is 0 Å². The fourth-order valence-corrected chi connectivity index (χ4v) is 1.96. The molecule has 3 heteroatoms. The number of nitriles is 1. The Morgan fingerprint density at radius 2 is 2.00 bits per heavy atom. The number of rotatable bonds is 6. The van der Waals surface area contributed by atoms with Crippen LogP contribution in [-0.4, -0.2) is 18.6 Å². The van der Waals surface area contributed by atoms with Crippen LogP contribution in [0.4, 0.5) is 5.69 Å². The first-order valence-electron chi connectivity index (χ1n) is 7.32. The molecule has 0 aliphatic rings. The lowest BCUT2D eigenvalue weighted by Gasteiger charge is -2.37. The number of nitrogens with one attached hydrogen (secondary N) is 1. The summed E-state index contributed by atoms with van der Waals surface area (Å²) < 4.78 is 0. The summed E-state index contributed by atoms with van der Waals surface area (Å²) in [6, 6.07) is 8.94. The van der Waals surface area contributed by atoms with Gasteiger partial charge >= 0.3 is 0 Å². The van der Waals surface area contributed by atoms with Crippen LogP contribution in [-0.2, 0) is 6.54 Å². The van der Waals surface area contributed by atoms with E-state index in [-0.39, 0.29) is 5.54 Å². The molecule has 20 heavy (non-hydrogen) atoms. The highest BCUT2D eigenvalue weighted by molar-refractivity contribution is 5.61. The molecule has 0 fully saturated rings. The van der Waals surface area contributed by atoms with Crippen molar-refractivity contribution >= 4 is 5.69 Å². The van der Waals surface area contributed by atoms with Crippen LogP contribution >= 0.6 is 0 Å². The van der Waals surface area contributed by atoms with Crippen molar-refractivity contribution in [2.75, 3.05) is 11.9 Å². The summed E-state index contributed by atoms with van der Waals surface area (Å²) in [6.07, 6.45) is 1.03. The first kappa shape index (κ1) is 16.5. The van der Waals surface area contributed by atoms with Gasteiger partial charge < -0.3 is 10.2 Å². The van der Waals surface area contributed by atoms with Crippen molar-refractivity contribution < 1.29 is 0 Å². The van der Waals surface area contributed by atoms with E-state index in [1.54, 1.807) is 0 Å². The molecular weight excluding hydrogens is 246 g/mol. The quantitative estimate of drug-likeness (QED) is 0.859. The number of benzene rings is 1. The Morgan fingerprint density at radius 1 is 1.35 bits per heavy atom. The summed E-state index contributed by atoms with van der Waals surface area (Å²) >= 11 is 0. The first-order chi connectivity index (χ1) is 9.31. The van der Waals surface area contributed by atoms with Crippen LogP contribution in [0.25, 0.3) is 0 Å². The third kappa shape index (κ3) is 3.98. The predicted octanol–water partition coefficient (Wildman–Crippen LogP) is 3.68. The highest BCUT2D eigenvalue weighted by atomic mass is 15.2. The number of hydrogen-bond donors (Lipinski definition) is 1. The maximum absolute atomic E-state index is 9.41. The van der Waals surface area contributed by atoms with Crippen molar-refractivity contribution in [3.05, 3.63) is 29.3 Å². The second kappa shape index (κ2) is 6.76. The van der Waals surface area contributed by atoms with Gasteiger partial charge in [0.05, 0.1) is 11.3 Å². The Hall–Kier alpha value is -1.53. The van der Waals surface area contributed by atoms with Gasteiger partial charge in [0.25, 0.3) is 0 Å². The Kier molecular flexibility index (Phi) is 5.59. The molecule has 0 aromatic heterocycles. The van der Waals surface area contributed by atoms with Crippen LogP contribution in [0.1, 0.15) is 52.2 Å². The van der Waals surface area contributed by atoms with Gasteiger partial charge in [0.1, 0.15) is 6.07 Å². The largest absolute Gasteiger partial charge is 0.368 e. The molecule has 0 spiro atoms. The SMILES string of the molecule is CCC(C)(C)N(C)c1ccc(CNC(C)C)cc1C#N. The summed E-state index contributed by atoms with van der Waals surface area (Å²) in [4.78, 5) is 2.20. The summed E-state index contributed by atoms with van der Waals surface area (Å²) in [6.45, 7) is 11.6. The molecule has 1 aromatic carbocycles. The lowest BCUT2D eigenvalue weighted by Crippen LogP contribution is -2.41. The van der Waals surface area contributed by atoms with Crippen molar-refractivity contribution in [2.45, 2.75) is 59.2 Å². The van der Waals surface area contributed by atoms with Crippen LogP contribution < -0.4 is 10.2 Å². The number of nitrogens with zero attached hydrogens (tertiary/aromatic N) is 2. The van der Waals surface area contributed by atoms with Crippen molar-refractivity contribution in [3.8, 4) is 6.07 Å². The van der Waals surface area contributed by atoms with Gasteiger partial charge in [-0.05, 0) is 38.0 Å². The molecular formula is C17H27N3. The molecule has 1 rings (SSSR count). The van der Waals surface area contributed by atoms with E-state index in [4.69, 9.17) is 0 Å². The number of hydrogen-bond acceptors (Lipinski definition) is 3. The van der Waals surface area contributed by atoms with Gasteiger partial charge in [-0.2, -0.15) is 5.26 Å². The molecule has 0 heterocycles. The van der Waals surface area contributed by atoms with Crippen LogP contribution in [0, 0.1) is 11.3 Å². The molecule has 1 aromatic rings. The highest BCUT2D eigenvalue weighted by Crippen LogP contribution is 2.28. The summed E-state index contributed by atoms with van der Waals surface area (Å²) in [5.41, 5.74) is 2.95. The van der Waals surface area contributed by atoms with Crippen LogP contribution in [0.5, 0.6) is 0 Å². The molecule has 0 saturated carbocycles. The first-order valence-corrected chi connectivity index (χ1v) is 7.32. The van der Waals surface area contributed by atoms with Crippen LogP contribution in [0.2, 0.25) is 0 Å². The van der Waals surface area contributed by atoms with Crippen molar-refractivity contribution in [3.63, 3.8) is 0 Å². The molecule has 3 nitrogen and oxygen atoms in total. The van der Waals surface area contributed by atoms with E-state index in [0.29, 0.717) is 6.04 Å². The molecule has 0 saturated heterocycles. The third-order valence-corrected chi connectivity index (χ3v) is 4.03. The van der Waals surface area contributed by atoms with E-state index in [0.717, 1.165) is 29.8 Å². The molecule has 0 aliphatic heterocycles. The van der Waals surface area contributed by atoms with Gasteiger partial charge in [0.15, 0.2) is 0 Å². The molecule has 0 radical (unpaired) electrons. The van der Waals surface area contributed by atoms with Crippen molar-refractivity contribution in [2.24, 2.45) is 0 Å². The van der Waals surface area contributed by atoms with Gasteiger partial charge in [0, 0.05) is 25.2 Å². The Balaban J connectivity index is 3.03. The summed E-state index contributed by atoms with van der Waals surface area (Å²) in [5, 5.41) is 12.8. The number of anilines is 1. The maximum Gasteiger partial charge on any atom is 0.101 e. The second-order valence-electron chi connectivity index (χ2n) is 6.22. The fraction of sp³-hybridized carbons (Fsp3) is 0.588. The summed E-state index contributed by atoms with van der Waals surface area (Å²) in [5.74, 6) is 0. The smallest absolute Gasteiger partial charge is 0.101 e. The average molecular weight is 273 g/mol. The lowest BCUT2D eigenvalue weighted by molar-refractivity contribution is 0.470. The standard InChI is InChI=1S/C17H27N3/c1-7-17(4,5)20(6)16-9-8-14(10-15(16)11-18)12-19-13(2)3/h8-10,13,19H,7,12H2,1-6H3. The minimum absolute atomic E-state index is 0.0449. The van der Waals surface area contributed by atoms with E-state index < -0.39 is 0 Å². The van der Waals surface area contributed by atoms with Crippen LogP contribution in [0.3, 0.4) is 0 Å². The van der Waals surface area contributed by atoms with E-state index in [1.807, 2.05) is 6.07 Å². The van der Waals surface area contributed by atoms with Gasteiger partial charge in [0.2, 0.25) is 0 Å². The molecule has 0 unspecified atom stereocenters. The Bertz CT molecular complexity index is 483. The molecule has 0 bridgehead atoms. The Labute approximate surface area is 123 Å². The lowest BCUT2D eigenvalue weighted by atomic mass is 9.97. The zero-order chi connectivity index (χ0) is 15.3. The zero-order valence-corrected chi connectivity index (χ0v) is 13.6. The minimum Gasteiger partial charge on any atom is -0.368 e. The minimum atomic E-state index is 0.0449. The van der Waals surface area contributed by atoms with E-state index in [9.17, 15) is 5.26 Å². The second-order valence-corrected chi connectivity index (χ2v) is 6.22. The molecule has 1 N–H and O–H groups in total. The average Bonchev–Trinajstić information content (AvgIpc) is 2.43. The topological polar surface area (TPSA) is 39.1 Å².